The Morgan fingerprint density at radius 1 is 0.411 bits per heavy atom. The second-order valence-electron chi connectivity index (χ2n) is 26.6. The molecule has 2 aromatic heterocycles. The summed E-state index contributed by atoms with van der Waals surface area (Å²) < 4.78 is 30.8. The molecule has 14 nitrogen and oxygen atoms in total. The van der Waals surface area contributed by atoms with Crippen LogP contribution in [0.4, 0.5) is 0 Å². The third-order valence-electron chi connectivity index (χ3n) is 18.0. The summed E-state index contributed by atoms with van der Waals surface area (Å²) in [6, 6.07) is 29.0. The zero-order valence-electron chi connectivity index (χ0n) is 58.6. The van der Waals surface area contributed by atoms with Crippen LogP contribution in [0.5, 0.6) is 23.0 Å². The molecular weight excluding hydrogens is 1180 g/mol. The second kappa shape index (κ2) is 39.0. The molecule has 5 aromatic carbocycles. The summed E-state index contributed by atoms with van der Waals surface area (Å²) >= 11 is 0. The lowest BCUT2D eigenvalue weighted by molar-refractivity contribution is -0.0389. The quantitative estimate of drug-likeness (QED) is 0.0307. The molecule has 1 aliphatic rings. The summed E-state index contributed by atoms with van der Waals surface area (Å²) in [7, 11) is 0. The molecule has 0 saturated heterocycles. The van der Waals surface area contributed by atoms with Crippen molar-refractivity contribution in [3.8, 4) is 79.9 Å². The fourth-order valence-electron chi connectivity index (χ4n) is 12.5. The number of allylic oxidation sites excluding steroid dienone is 4. The minimum absolute atomic E-state index is 0.0115. The minimum Gasteiger partial charge on any atom is -0.507 e. The molecule has 0 saturated carbocycles. The maximum atomic E-state index is 11.6. The largest absolute Gasteiger partial charge is 0.507 e. The van der Waals surface area contributed by atoms with E-state index in [0.717, 1.165) is 89.5 Å². The van der Waals surface area contributed by atoms with Crippen molar-refractivity contribution in [3.63, 3.8) is 0 Å². The van der Waals surface area contributed by atoms with Gasteiger partial charge in [-0.25, -0.2) is 29.9 Å². The van der Waals surface area contributed by atoms with Gasteiger partial charge in [-0.05, 0) is 122 Å². The minimum atomic E-state index is -0.817. The number of aryl methyl sites for hydroxylation is 6. The third kappa shape index (κ3) is 23.8. The lowest BCUT2D eigenvalue weighted by Gasteiger charge is -2.21. The van der Waals surface area contributed by atoms with E-state index in [1.807, 2.05) is 50.2 Å². The highest BCUT2D eigenvalue weighted by molar-refractivity contribution is 5.73. The number of hydrogen-bond acceptors (Lipinski definition) is 14. The molecular formula is C81H108N6O8. The standard InChI is InChI=1S/C81H108N6O8/c1-10-11-12-13-14-15-16-19-23-26-29-44-92-54-67(55-95-66-36-42-73(75(90)51-66)81-86-78(70-39-33-58(4)48-62(70)8)83-79(87-81)71-40-34-59(5)49-63(71)9)93-45-30-27-24-21-18-17-20-22-25-28-43-91-52-64(88)53-94-65-35-41-72(74(89)50-65)80-84-76(68-37-31-56(2)46-60(68)6)82-77(85-80)69-38-32-57(3)47-61(69)7/h31-39,41-42,46-51,64,67,71,88-90H,10-30,40,43-45,52-55H2,1-9H3. The number of hydrogen-bond donors (Lipinski definition) is 3. The predicted octanol–water partition coefficient (Wildman–Crippen LogP) is 19.5. The van der Waals surface area contributed by atoms with Crippen molar-refractivity contribution in [2.24, 2.45) is 0 Å². The molecule has 3 atom stereocenters. The maximum Gasteiger partial charge on any atom is 0.167 e. The van der Waals surface area contributed by atoms with Gasteiger partial charge in [-0.15, -0.1) is 0 Å². The number of aliphatic hydroxyl groups excluding tert-OH is 1. The van der Waals surface area contributed by atoms with E-state index < -0.39 is 6.10 Å². The predicted molar refractivity (Wildman–Crippen MR) is 384 cm³/mol. The van der Waals surface area contributed by atoms with Crippen molar-refractivity contribution >= 4 is 0 Å². The molecule has 7 aromatic rings. The molecule has 0 fully saturated rings. The number of ether oxygens (including phenoxy) is 5. The third-order valence-corrected chi connectivity index (χ3v) is 18.0. The van der Waals surface area contributed by atoms with Crippen LogP contribution in [-0.2, 0) is 14.2 Å². The van der Waals surface area contributed by atoms with Crippen LogP contribution in [0, 0.1) is 41.5 Å². The average molecular weight is 1290 g/mol. The zero-order chi connectivity index (χ0) is 67.3. The molecule has 2 heterocycles. The van der Waals surface area contributed by atoms with E-state index in [2.05, 4.69) is 91.0 Å². The van der Waals surface area contributed by atoms with E-state index in [0.29, 0.717) is 90.6 Å². The van der Waals surface area contributed by atoms with Gasteiger partial charge in [0.05, 0.1) is 24.3 Å². The van der Waals surface area contributed by atoms with Gasteiger partial charge in [-0.3, -0.25) is 0 Å². The van der Waals surface area contributed by atoms with Gasteiger partial charge in [0.15, 0.2) is 29.1 Å². The van der Waals surface area contributed by atoms with Gasteiger partial charge >= 0.3 is 0 Å². The maximum absolute atomic E-state index is 11.6. The Balaban J connectivity index is 0.721. The fourth-order valence-corrected chi connectivity index (χ4v) is 12.5. The van der Waals surface area contributed by atoms with Crippen molar-refractivity contribution in [2.75, 3.05) is 46.2 Å². The number of unbranched alkanes of at least 4 members (excludes halogenated alkanes) is 19. The van der Waals surface area contributed by atoms with Gasteiger partial charge < -0.3 is 39.0 Å². The Morgan fingerprint density at radius 2 is 0.789 bits per heavy atom. The molecule has 0 spiro atoms. The highest BCUT2D eigenvalue weighted by Crippen LogP contribution is 2.38. The van der Waals surface area contributed by atoms with Crippen molar-refractivity contribution < 1.29 is 39.0 Å². The highest BCUT2D eigenvalue weighted by atomic mass is 16.6. The topological polar surface area (TPSA) is 184 Å². The van der Waals surface area contributed by atoms with Gasteiger partial charge in [-0.1, -0.05) is 217 Å². The normalized spacial score (nSPS) is 13.8. The van der Waals surface area contributed by atoms with Crippen LogP contribution in [0.15, 0.2) is 114 Å². The summed E-state index contributed by atoms with van der Waals surface area (Å²) in [5, 5.41) is 33.6. The van der Waals surface area contributed by atoms with Crippen LogP contribution >= 0.6 is 0 Å². The van der Waals surface area contributed by atoms with Crippen LogP contribution < -0.4 is 9.47 Å². The Bertz CT molecular complexity index is 3510. The lowest BCUT2D eigenvalue weighted by Crippen LogP contribution is -2.28. The average Bonchev–Trinajstić information content (AvgIpc) is 0.811. The second-order valence-corrected chi connectivity index (χ2v) is 26.6. The Hall–Kier alpha value is -7.36. The summed E-state index contributed by atoms with van der Waals surface area (Å²) in [4.78, 5) is 29.6. The molecule has 510 valence electrons. The number of phenolic OH excluding ortho intramolecular Hbond substituents is 2. The smallest absolute Gasteiger partial charge is 0.167 e. The first-order valence-electron chi connectivity index (χ1n) is 35.6. The molecule has 0 radical (unpaired) electrons. The number of aromatic hydroxyl groups is 2. The lowest BCUT2D eigenvalue weighted by atomic mass is 9.89. The number of aliphatic hydroxyl groups is 1. The number of phenols is 2. The molecule has 0 bridgehead atoms. The highest BCUT2D eigenvalue weighted by Gasteiger charge is 2.24. The molecule has 0 amide bonds. The van der Waals surface area contributed by atoms with Gasteiger partial charge in [0, 0.05) is 54.6 Å². The van der Waals surface area contributed by atoms with E-state index in [9.17, 15) is 15.3 Å². The first-order chi connectivity index (χ1) is 46.1. The molecule has 1 aliphatic carbocycles. The number of rotatable bonds is 42. The van der Waals surface area contributed by atoms with Gasteiger partial charge in [0.25, 0.3) is 0 Å². The van der Waals surface area contributed by atoms with Crippen LogP contribution in [0.2, 0.25) is 0 Å². The van der Waals surface area contributed by atoms with E-state index in [4.69, 9.17) is 53.6 Å². The van der Waals surface area contributed by atoms with Gasteiger partial charge in [-0.2, -0.15) is 0 Å². The van der Waals surface area contributed by atoms with Gasteiger partial charge in [0.1, 0.15) is 54.2 Å². The molecule has 95 heavy (non-hydrogen) atoms. The van der Waals surface area contributed by atoms with Crippen molar-refractivity contribution in [1.29, 1.82) is 0 Å². The summed E-state index contributed by atoms with van der Waals surface area (Å²) in [5.74, 6) is 4.10. The SMILES string of the molecule is CCCCCCCCCCCCCOCC(COc1ccc(-c2nc(-c3ccc(C)cc3C)nc(C3CC=C(C)C=C3C)n2)c(O)c1)OCCCCCCCCCCCCOCC(O)COc1ccc(-c2nc(-c3ccc(C)cc3C)nc(-c3ccc(C)cc3C)n2)c(O)c1. The number of benzene rings is 5. The first kappa shape index (κ1) is 73.4. The molecule has 14 heteroatoms. The Morgan fingerprint density at radius 3 is 1.22 bits per heavy atom. The first-order valence-corrected chi connectivity index (χ1v) is 35.6. The van der Waals surface area contributed by atoms with Crippen LogP contribution in [0.3, 0.4) is 0 Å². The molecule has 3 unspecified atom stereocenters. The number of aromatic nitrogens is 6. The van der Waals surface area contributed by atoms with Crippen molar-refractivity contribution in [2.45, 2.75) is 222 Å². The zero-order valence-corrected chi connectivity index (χ0v) is 58.6. The fraction of sp³-hybridized carbons (Fsp3) is 0.506. The summed E-state index contributed by atoms with van der Waals surface area (Å²) in [5.41, 5.74) is 12.8. The summed E-state index contributed by atoms with van der Waals surface area (Å²) in [6.07, 6.45) is 29.7. The van der Waals surface area contributed by atoms with Crippen molar-refractivity contribution in [3.05, 3.63) is 153 Å². The van der Waals surface area contributed by atoms with E-state index >= 15 is 0 Å². The van der Waals surface area contributed by atoms with Crippen LogP contribution in [0.1, 0.15) is 207 Å². The Kier molecular flexibility index (Phi) is 30.2. The molecule has 3 N–H and O–H groups in total. The van der Waals surface area contributed by atoms with Crippen LogP contribution in [-0.4, -0.2) is 104 Å². The van der Waals surface area contributed by atoms with E-state index in [-0.39, 0.29) is 36.7 Å². The number of nitrogens with zero attached hydrogens (tertiary/aromatic N) is 6. The Labute approximate surface area is 567 Å². The van der Waals surface area contributed by atoms with E-state index in [1.165, 1.54) is 119 Å². The molecule has 0 aliphatic heterocycles. The van der Waals surface area contributed by atoms with Crippen LogP contribution in [0.25, 0.3) is 56.9 Å². The summed E-state index contributed by atoms with van der Waals surface area (Å²) in [6.45, 7) is 21.8. The van der Waals surface area contributed by atoms with E-state index in [1.54, 1.807) is 18.2 Å². The van der Waals surface area contributed by atoms with Crippen molar-refractivity contribution in [1.82, 2.24) is 29.9 Å². The monoisotopic (exact) mass is 1290 g/mol. The van der Waals surface area contributed by atoms with Gasteiger partial charge in [0.2, 0.25) is 0 Å². The molecule has 8 rings (SSSR count).